The largest absolute Gasteiger partial charge is 0.381 e. The zero-order valence-corrected chi connectivity index (χ0v) is 12.5. The lowest BCUT2D eigenvalue weighted by Crippen LogP contribution is -2.26. The summed E-state index contributed by atoms with van der Waals surface area (Å²) in [6.07, 6.45) is 3.97. The van der Waals surface area contributed by atoms with Crippen LogP contribution >= 0.6 is 0 Å². The number of nitrogens with zero attached hydrogens (tertiary/aromatic N) is 2. The van der Waals surface area contributed by atoms with Crippen LogP contribution in [-0.4, -0.2) is 29.3 Å². The third-order valence-corrected chi connectivity index (χ3v) is 4.00. The minimum absolute atomic E-state index is 0.0374. The minimum Gasteiger partial charge on any atom is -0.381 e. The number of benzene rings is 1. The maximum atomic E-state index is 12.4. The average Bonchev–Trinajstić information content (AvgIpc) is 2.57. The summed E-state index contributed by atoms with van der Waals surface area (Å²) in [6, 6.07) is 7.87. The minimum atomic E-state index is -0.317. The molecular weight excluding hydrogens is 280 g/mol. The van der Waals surface area contributed by atoms with Crippen LogP contribution in [0.25, 0.3) is 11.1 Å². The van der Waals surface area contributed by atoms with Crippen LogP contribution in [0.15, 0.2) is 35.3 Å². The highest BCUT2D eigenvalue weighted by molar-refractivity contribution is 5.75. The molecule has 5 heteroatoms. The lowest BCUT2D eigenvalue weighted by Gasteiger charge is -2.24. The molecular formula is C17H18N2O3. The van der Waals surface area contributed by atoms with E-state index < -0.39 is 0 Å². The monoisotopic (exact) mass is 298 g/mol. The number of carbonyl (C=O) groups is 1. The molecule has 0 radical (unpaired) electrons. The Morgan fingerprint density at radius 3 is 2.55 bits per heavy atom. The molecule has 0 spiro atoms. The Bertz CT molecular complexity index is 729. The highest BCUT2D eigenvalue weighted by Crippen LogP contribution is 2.22. The SMILES string of the molecule is Cc1ccc(-c2cn(C3CCOCC3)nc(C=O)c2=O)cc1. The number of aryl methyl sites for hydroxylation is 1. The molecule has 2 aromatic rings. The van der Waals surface area contributed by atoms with Crippen molar-refractivity contribution in [3.05, 3.63) is 51.9 Å². The van der Waals surface area contributed by atoms with Crippen LogP contribution < -0.4 is 5.43 Å². The van der Waals surface area contributed by atoms with Crippen LogP contribution in [-0.2, 0) is 4.74 Å². The number of rotatable bonds is 3. The molecule has 3 rings (SSSR count). The standard InChI is InChI=1S/C17H18N2O3/c1-12-2-4-13(5-3-12)15-10-19(14-6-8-22-9-7-14)18-16(11-20)17(15)21/h2-5,10-11,14H,6-9H2,1H3. The Morgan fingerprint density at radius 1 is 1.23 bits per heavy atom. The first kappa shape index (κ1) is 14.7. The predicted octanol–water partition coefficient (Wildman–Crippen LogP) is 2.38. The Morgan fingerprint density at radius 2 is 1.91 bits per heavy atom. The van der Waals surface area contributed by atoms with Crippen molar-refractivity contribution in [1.82, 2.24) is 9.78 Å². The van der Waals surface area contributed by atoms with Crippen molar-refractivity contribution in [3.63, 3.8) is 0 Å². The fraction of sp³-hybridized carbons (Fsp3) is 0.353. The molecule has 0 saturated carbocycles. The number of hydrogen-bond acceptors (Lipinski definition) is 4. The molecule has 2 heterocycles. The maximum Gasteiger partial charge on any atom is 0.218 e. The van der Waals surface area contributed by atoms with Crippen molar-refractivity contribution in [2.75, 3.05) is 13.2 Å². The molecule has 1 aromatic heterocycles. The van der Waals surface area contributed by atoms with Crippen LogP contribution in [0.3, 0.4) is 0 Å². The van der Waals surface area contributed by atoms with Gasteiger partial charge in [0.2, 0.25) is 5.43 Å². The second-order valence-corrected chi connectivity index (χ2v) is 5.56. The van der Waals surface area contributed by atoms with Gasteiger partial charge in [0.25, 0.3) is 0 Å². The number of carbonyl (C=O) groups excluding carboxylic acids is 1. The van der Waals surface area contributed by atoms with Crippen LogP contribution in [0.1, 0.15) is 34.9 Å². The first-order valence-corrected chi connectivity index (χ1v) is 7.42. The van der Waals surface area contributed by atoms with Crippen LogP contribution in [0.5, 0.6) is 0 Å². The first-order valence-electron chi connectivity index (χ1n) is 7.42. The van der Waals surface area contributed by atoms with Crippen molar-refractivity contribution in [1.29, 1.82) is 0 Å². The number of ether oxygens (including phenoxy) is 1. The summed E-state index contributed by atoms with van der Waals surface area (Å²) in [5.74, 6) is 0. The van der Waals surface area contributed by atoms with Gasteiger partial charge in [-0.05, 0) is 25.3 Å². The summed E-state index contributed by atoms with van der Waals surface area (Å²) >= 11 is 0. The average molecular weight is 298 g/mol. The van der Waals surface area contributed by atoms with Crippen LogP contribution in [0.2, 0.25) is 0 Å². The lowest BCUT2D eigenvalue weighted by molar-refractivity contribution is 0.0656. The molecule has 1 aliphatic rings. The molecule has 0 atom stereocenters. The van der Waals surface area contributed by atoms with Crippen molar-refractivity contribution < 1.29 is 9.53 Å². The van der Waals surface area contributed by atoms with E-state index in [1.54, 1.807) is 10.9 Å². The zero-order valence-electron chi connectivity index (χ0n) is 12.5. The van der Waals surface area contributed by atoms with Gasteiger partial charge in [-0.2, -0.15) is 5.10 Å². The van der Waals surface area contributed by atoms with E-state index in [2.05, 4.69) is 5.10 Å². The molecule has 114 valence electrons. The van der Waals surface area contributed by atoms with Crippen molar-refractivity contribution >= 4 is 6.29 Å². The molecule has 5 nitrogen and oxygen atoms in total. The Labute approximate surface area is 128 Å². The van der Waals surface area contributed by atoms with Gasteiger partial charge in [0.15, 0.2) is 12.0 Å². The Balaban J connectivity index is 2.10. The second-order valence-electron chi connectivity index (χ2n) is 5.56. The van der Waals surface area contributed by atoms with Gasteiger partial charge in [-0.3, -0.25) is 14.3 Å². The number of aldehydes is 1. The summed E-state index contributed by atoms with van der Waals surface area (Å²) in [5, 5.41) is 4.20. The molecule has 1 fully saturated rings. The Hall–Kier alpha value is -2.27. The third-order valence-electron chi connectivity index (χ3n) is 4.00. The number of aromatic nitrogens is 2. The summed E-state index contributed by atoms with van der Waals surface area (Å²) in [6.45, 7) is 3.34. The van der Waals surface area contributed by atoms with Gasteiger partial charge in [0.1, 0.15) is 0 Å². The first-order chi connectivity index (χ1) is 10.7. The summed E-state index contributed by atoms with van der Waals surface area (Å²) < 4.78 is 7.11. The predicted molar refractivity (Wildman–Crippen MR) is 83.1 cm³/mol. The normalized spacial score (nSPS) is 15.7. The van der Waals surface area contributed by atoms with E-state index in [0.29, 0.717) is 25.1 Å². The van der Waals surface area contributed by atoms with Crippen molar-refractivity contribution in [2.45, 2.75) is 25.8 Å². The molecule has 0 N–H and O–H groups in total. The van der Waals surface area contributed by atoms with Gasteiger partial charge in [0.05, 0.1) is 6.04 Å². The molecule has 1 saturated heterocycles. The molecule has 0 amide bonds. The molecule has 22 heavy (non-hydrogen) atoms. The van der Waals surface area contributed by atoms with E-state index >= 15 is 0 Å². The van der Waals surface area contributed by atoms with Crippen LogP contribution in [0.4, 0.5) is 0 Å². The van der Waals surface area contributed by atoms with Gasteiger partial charge in [-0.1, -0.05) is 29.8 Å². The van der Waals surface area contributed by atoms with E-state index in [0.717, 1.165) is 24.0 Å². The van der Waals surface area contributed by atoms with E-state index in [1.807, 2.05) is 31.2 Å². The topological polar surface area (TPSA) is 61.2 Å². The molecule has 0 aliphatic carbocycles. The van der Waals surface area contributed by atoms with Crippen LogP contribution in [0, 0.1) is 6.92 Å². The fourth-order valence-electron chi connectivity index (χ4n) is 2.68. The molecule has 1 aromatic carbocycles. The van der Waals surface area contributed by atoms with E-state index in [9.17, 15) is 9.59 Å². The summed E-state index contributed by atoms with van der Waals surface area (Å²) in [5.41, 5.74) is 2.09. The number of hydrogen-bond donors (Lipinski definition) is 0. The van der Waals surface area contributed by atoms with Crippen molar-refractivity contribution in [2.24, 2.45) is 0 Å². The Kier molecular flexibility index (Phi) is 4.15. The van der Waals surface area contributed by atoms with Gasteiger partial charge in [-0.15, -0.1) is 0 Å². The summed E-state index contributed by atoms with van der Waals surface area (Å²) in [4.78, 5) is 23.6. The lowest BCUT2D eigenvalue weighted by atomic mass is 10.0. The molecule has 0 unspecified atom stereocenters. The van der Waals surface area contributed by atoms with E-state index in [1.165, 1.54) is 0 Å². The maximum absolute atomic E-state index is 12.4. The third kappa shape index (κ3) is 2.85. The highest BCUT2D eigenvalue weighted by Gasteiger charge is 2.19. The zero-order chi connectivity index (χ0) is 15.5. The van der Waals surface area contributed by atoms with Gasteiger partial charge in [-0.25, -0.2) is 0 Å². The van der Waals surface area contributed by atoms with Gasteiger partial charge >= 0.3 is 0 Å². The van der Waals surface area contributed by atoms with Gasteiger partial charge < -0.3 is 4.74 Å². The van der Waals surface area contributed by atoms with Gasteiger partial charge in [0, 0.05) is 25.0 Å². The smallest absolute Gasteiger partial charge is 0.218 e. The second kappa shape index (κ2) is 6.23. The summed E-state index contributed by atoms with van der Waals surface area (Å²) in [7, 11) is 0. The highest BCUT2D eigenvalue weighted by atomic mass is 16.5. The quantitative estimate of drug-likeness (QED) is 0.816. The fourth-order valence-corrected chi connectivity index (χ4v) is 2.68. The van der Waals surface area contributed by atoms with E-state index in [-0.39, 0.29) is 17.2 Å². The molecule has 1 aliphatic heterocycles. The molecule has 0 bridgehead atoms. The van der Waals surface area contributed by atoms with Crippen molar-refractivity contribution in [3.8, 4) is 11.1 Å². The van der Waals surface area contributed by atoms with E-state index in [4.69, 9.17) is 4.74 Å².